The Labute approximate surface area is 84.9 Å². The van der Waals surface area contributed by atoms with E-state index < -0.39 is 0 Å². The summed E-state index contributed by atoms with van der Waals surface area (Å²) >= 11 is 2.90. The van der Waals surface area contributed by atoms with Crippen molar-refractivity contribution < 1.29 is 5.11 Å². The molecule has 2 nitrogen and oxygen atoms in total. The molecular weight excluding hydrogens is 202 g/mol. The summed E-state index contributed by atoms with van der Waals surface area (Å²) in [5.41, 5.74) is 0.796. The highest BCUT2D eigenvalue weighted by molar-refractivity contribution is 8.19. The number of hydrogen-bond acceptors (Lipinski definition) is 4. The Hall–Kier alpha value is -0.870. The third-order valence-electron chi connectivity index (χ3n) is 1.57. The molecule has 0 spiro atoms. The molecular formula is C9H7NOS2. The largest absolute Gasteiger partial charge is 0.507 e. The van der Waals surface area contributed by atoms with Crippen molar-refractivity contribution >= 4 is 28.8 Å². The Balaban J connectivity index is 2.35. The molecule has 0 aromatic heterocycles. The minimum Gasteiger partial charge on any atom is -0.507 e. The molecule has 0 saturated carbocycles. The van der Waals surface area contributed by atoms with E-state index in [2.05, 4.69) is 4.40 Å². The number of phenols is 1. The van der Waals surface area contributed by atoms with E-state index in [-0.39, 0.29) is 5.75 Å². The van der Waals surface area contributed by atoms with E-state index in [1.165, 1.54) is 23.7 Å². The summed E-state index contributed by atoms with van der Waals surface area (Å²) in [6, 6.07) is 7.22. The van der Waals surface area contributed by atoms with Gasteiger partial charge >= 0.3 is 0 Å². The average Bonchev–Trinajstić information content (AvgIpc) is 2.20. The molecule has 1 aliphatic heterocycles. The normalized spacial score (nSPS) is 15.5. The van der Waals surface area contributed by atoms with Crippen LogP contribution in [0.1, 0.15) is 5.56 Å². The summed E-state index contributed by atoms with van der Waals surface area (Å²) in [6.45, 7) is 0. The standard InChI is InChI=1S/C9H7NOS2/c11-8-4-2-1-3-7(8)9-10-13-6-5-12-9/h1-6,11H. The van der Waals surface area contributed by atoms with E-state index in [4.69, 9.17) is 0 Å². The summed E-state index contributed by atoms with van der Waals surface area (Å²) in [7, 11) is 0. The van der Waals surface area contributed by atoms with Gasteiger partial charge in [-0.15, -0.1) is 0 Å². The van der Waals surface area contributed by atoms with Crippen LogP contribution in [0.25, 0.3) is 0 Å². The first-order chi connectivity index (χ1) is 6.38. The Morgan fingerprint density at radius 3 is 2.69 bits per heavy atom. The lowest BCUT2D eigenvalue weighted by Gasteiger charge is -2.06. The Morgan fingerprint density at radius 1 is 1.15 bits per heavy atom. The monoisotopic (exact) mass is 209 g/mol. The first-order valence-electron chi connectivity index (χ1n) is 3.72. The van der Waals surface area contributed by atoms with Gasteiger partial charge in [0, 0.05) is 22.9 Å². The number of rotatable bonds is 1. The van der Waals surface area contributed by atoms with E-state index in [0.717, 1.165) is 10.6 Å². The fraction of sp³-hybridized carbons (Fsp3) is 0. The Bertz CT molecular complexity index is 374. The van der Waals surface area contributed by atoms with Crippen LogP contribution in [-0.4, -0.2) is 10.2 Å². The van der Waals surface area contributed by atoms with Crippen LogP contribution in [0.5, 0.6) is 5.75 Å². The molecule has 1 aromatic rings. The zero-order valence-electron chi connectivity index (χ0n) is 6.68. The highest BCUT2D eigenvalue weighted by Crippen LogP contribution is 2.29. The van der Waals surface area contributed by atoms with Crippen LogP contribution in [0.2, 0.25) is 0 Å². The first kappa shape index (κ1) is 8.72. The molecule has 4 heteroatoms. The molecule has 0 aliphatic carbocycles. The van der Waals surface area contributed by atoms with Crippen LogP contribution < -0.4 is 0 Å². The third-order valence-corrected chi connectivity index (χ3v) is 3.21. The molecule has 0 atom stereocenters. The van der Waals surface area contributed by atoms with E-state index >= 15 is 0 Å². The maximum Gasteiger partial charge on any atom is 0.125 e. The molecule has 0 radical (unpaired) electrons. The highest BCUT2D eigenvalue weighted by atomic mass is 32.2. The van der Waals surface area contributed by atoms with E-state index in [1.807, 2.05) is 22.9 Å². The number of phenolic OH excluding ortho intramolecular Hbond substituents is 1. The van der Waals surface area contributed by atoms with Crippen molar-refractivity contribution in [2.75, 3.05) is 0 Å². The first-order valence-corrected chi connectivity index (χ1v) is 5.43. The van der Waals surface area contributed by atoms with E-state index in [1.54, 1.807) is 12.1 Å². The van der Waals surface area contributed by atoms with Crippen molar-refractivity contribution in [3.05, 3.63) is 40.6 Å². The van der Waals surface area contributed by atoms with Gasteiger partial charge in [-0.1, -0.05) is 23.9 Å². The summed E-state index contributed by atoms with van der Waals surface area (Å²) in [5.74, 6) is 0.282. The molecule has 1 heterocycles. The van der Waals surface area contributed by atoms with Crippen molar-refractivity contribution in [3.63, 3.8) is 0 Å². The van der Waals surface area contributed by atoms with Crippen molar-refractivity contribution in [2.24, 2.45) is 4.40 Å². The van der Waals surface area contributed by atoms with Crippen LogP contribution >= 0.6 is 23.7 Å². The Morgan fingerprint density at radius 2 is 2.00 bits per heavy atom. The number of thioether (sulfide) groups is 1. The van der Waals surface area contributed by atoms with Gasteiger partial charge in [0.15, 0.2) is 0 Å². The predicted molar refractivity (Wildman–Crippen MR) is 59.0 cm³/mol. The van der Waals surface area contributed by atoms with Crippen LogP contribution in [0, 0.1) is 0 Å². The summed E-state index contributed by atoms with van der Waals surface area (Å²) in [6.07, 6.45) is 0. The molecule has 0 fully saturated rings. The lowest BCUT2D eigenvalue weighted by molar-refractivity contribution is 0.474. The number of aromatic hydroxyl groups is 1. The maximum absolute atomic E-state index is 9.54. The molecule has 1 aliphatic rings. The summed E-state index contributed by atoms with van der Waals surface area (Å²) in [5, 5.41) is 14.3. The smallest absolute Gasteiger partial charge is 0.125 e. The molecule has 1 aromatic carbocycles. The quantitative estimate of drug-likeness (QED) is 0.722. The molecule has 0 unspecified atom stereocenters. The van der Waals surface area contributed by atoms with Crippen molar-refractivity contribution in [1.82, 2.24) is 0 Å². The topological polar surface area (TPSA) is 32.6 Å². The van der Waals surface area contributed by atoms with Gasteiger partial charge in [0.25, 0.3) is 0 Å². The van der Waals surface area contributed by atoms with Gasteiger partial charge in [0.1, 0.15) is 10.8 Å². The van der Waals surface area contributed by atoms with Crippen LogP contribution in [-0.2, 0) is 0 Å². The maximum atomic E-state index is 9.54. The number of benzene rings is 1. The fourth-order valence-corrected chi connectivity index (χ4v) is 2.39. The zero-order valence-corrected chi connectivity index (χ0v) is 8.31. The lowest BCUT2D eigenvalue weighted by Crippen LogP contribution is -1.94. The molecule has 66 valence electrons. The van der Waals surface area contributed by atoms with Crippen molar-refractivity contribution in [1.29, 1.82) is 0 Å². The predicted octanol–water partition coefficient (Wildman–Crippen LogP) is 3.01. The fourth-order valence-electron chi connectivity index (χ4n) is 0.984. The third kappa shape index (κ3) is 1.89. The molecule has 1 N–H and O–H groups in total. The Kier molecular flexibility index (Phi) is 2.61. The average molecular weight is 209 g/mol. The van der Waals surface area contributed by atoms with Crippen LogP contribution in [0.15, 0.2) is 39.5 Å². The minimum atomic E-state index is 0.282. The second-order valence-electron chi connectivity index (χ2n) is 2.41. The lowest BCUT2D eigenvalue weighted by atomic mass is 10.2. The van der Waals surface area contributed by atoms with Gasteiger partial charge in [0.05, 0.1) is 0 Å². The van der Waals surface area contributed by atoms with Crippen LogP contribution in [0.3, 0.4) is 0 Å². The number of para-hydroxylation sites is 1. The second-order valence-corrected chi connectivity index (χ2v) is 3.97. The van der Waals surface area contributed by atoms with Gasteiger partial charge in [-0.25, -0.2) is 4.40 Å². The molecule has 0 amide bonds. The highest BCUT2D eigenvalue weighted by Gasteiger charge is 2.09. The number of hydrogen-bond donors (Lipinski definition) is 1. The molecule has 0 saturated heterocycles. The van der Waals surface area contributed by atoms with Gasteiger partial charge in [0.2, 0.25) is 0 Å². The van der Waals surface area contributed by atoms with Gasteiger partial charge in [-0.05, 0) is 17.5 Å². The SMILES string of the molecule is Oc1ccccc1C1=NSC=CS1. The second kappa shape index (κ2) is 3.89. The van der Waals surface area contributed by atoms with Gasteiger partial charge in [-0.2, -0.15) is 0 Å². The van der Waals surface area contributed by atoms with Gasteiger partial charge < -0.3 is 5.11 Å². The van der Waals surface area contributed by atoms with Crippen LogP contribution in [0.4, 0.5) is 0 Å². The summed E-state index contributed by atoms with van der Waals surface area (Å²) < 4.78 is 4.21. The van der Waals surface area contributed by atoms with Crippen molar-refractivity contribution in [3.8, 4) is 5.75 Å². The summed E-state index contributed by atoms with van der Waals surface area (Å²) in [4.78, 5) is 0. The molecule has 2 rings (SSSR count). The van der Waals surface area contributed by atoms with E-state index in [9.17, 15) is 5.11 Å². The molecule has 13 heavy (non-hydrogen) atoms. The number of nitrogens with zero attached hydrogens (tertiary/aromatic N) is 1. The van der Waals surface area contributed by atoms with E-state index in [0.29, 0.717) is 0 Å². The molecule has 0 bridgehead atoms. The van der Waals surface area contributed by atoms with Crippen molar-refractivity contribution in [2.45, 2.75) is 0 Å². The minimum absolute atomic E-state index is 0.282. The van der Waals surface area contributed by atoms with Gasteiger partial charge in [-0.3, -0.25) is 0 Å². The zero-order chi connectivity index (χ0) is 9.10.